The van der Waals surface area contributed by atoms with Gasteiger partial charge in [0.2, 0.25) is 5.91 Å². The molecule has 0 unspecified atom stereocenters. The SMILES string of the molecule is Cc1cc(CCNC(=O)C(C)(C)C(=O)O)ccc1F. The molecule has 0 heterocycles. The number of amides is 1. The van der Waals surface area contributed by atoms with Crippen molar-refractivity contribution in [3.63, 3.8) is 0 Å². The van der Waals surface area contributed by atoms with Crippen LogP contribution in [0.25, 0.3) is 0 Å². The molecular formula is C14H18FNO3. The Morgan fingerprint density at radius 3 is 2.53 bits per heavy atom. The van der Waals surface area contributed by atoms with Gasteiger partial charge in [-0.2, -0.15) is 0 Å². The van der Waals surface area contributed by atoms with Crippen LogP contribution in [0.1, 0.15) is 25.0 Å². The van der Waals surface area contributed by atoms with Gasteiger partial charge in [-0.1, -0.05) is 12.1 Å². The molecule has 5 heteroatoms. The summed E-state index contributed by atoms with van der Waals surface area (Å²) in [7, 11) is 0. The molecule has 0 aliphatic heterocycles. The second-order valence-electron chi connectivity index (χ2n) is 5.02. The highest BCUT2D eigenvalue weighted by Crippen LogP contribution is 2.15. The maximum atomic E-state index is 13.1. The number of aliphatic carboxylic acids is 1. The number of rotatable bonds is 5. The van der Waals surface area contributed by atoms with E-state index in [1.807, 2.05) is 0 Å². The molecule has 0 fully saturated rings. The average molecular weight is 267 g/mol. The van der Waals surface area contributed by atoms with Crippen molar-refractivity contribution in [2.75, 3.05) is 6.54 Å². The number of nitrogens with one attached hydrogen (secondary N) is 1. The summed E-state index contributed by atoms with van der Waals surface area (Å²) in [5.74, 6) is -1.96. The number of halogens is 1. The smallest absolute Gasteiger partial charge is 0.318 e. The Labute approximate surface area is 111 Å². The van der Waals surface area contributed by atoms with Crippen molar-refractivity contribution in [3.05, 3.63) is 35.1 Å². The quantitative estimate of drug-likeness (QED) is 0.801. The standard InChI is InChI=1S/C14H18FNO3/c1-9-8-10(4-5-11(9)15)6-7-16-12(17)14(2,3)13(18)19/h4-5,8H,6-7H2,1-3H3,(H,16,17)(H,18,19). The maximum absolute atomic E-state index is 13.1. The molecule has 0 saturated carbocycles. The number of hydrogen-bond donors (Lipinski definition) is 2. The summed E-state index contributed by atoms with van der Waals surface area (Å²) in [6.07, 6.45) is 0.530. The molecule has 1 rings (SSSR count). The van der Waals surface area contributed by atoms with Crippen LogP contribution in [0.4, 0.5) is 4.39 Å². The molecule has 0 radical (unpaired) electrons. The van der Waals surface area contributed by atoms with Crippen LogP contribution in [0.2, 0.25) is 0 Å². The first-order chi connectivity index (χ1) is 8.75. The molecule has 1 amide bonds. The fraction of sp³-hybridized carbons (Fsp3) is 0.429. The minimum atomic E-state index is -1.45. The van der Waals surface area contributed by atoms with E-state index in [2.05, 4.69) is 5.32 Å². The van der Waals surface area contributed by atoms with E-state index in [1.165, 1.54) is 19.9 Å². The number of benzene rings is 1. The number of hydrogen-bond acceptors (Lipinski definition) is 2. The van der Waals surface area contributed by atoms with Crippen LogP contribution in [0.5, 0.6) is 0 Å². The molecule has 0 bridgehead atoms. The van der Waals surface area contributed by atoms with Crippen LogP contribution in [0, 0.1) is 18.2 Å². The van der Waals surface area contributed by atoms with Crippen molar-refractivity contribution >= 4 is 11.9 Å². The molecule has 4 nitrogen and oxygen atoms in total. The Morgan fingerprint density at radius 1 is 1.37 bits per heavy atom. The summed E-state index contributed by atoms with van der Waals surface area (Å²) in [5, 5.41) is 11.5. The summed E-state index contributed by atoms with van der Waals surface area (Å²) in [6, 6.07) is 4.74. The van der Waals surface area contributed by atoms with E-state index >= 15 is 0 Å². The molecule has 0 saturated heterocycles. The highest BCUT2D eigenvalue weighted by Gasteiger charge is 2.35. The van der Waals surface area contributed by atoms with Gasteiger partial charge in [-0.3, -0.25) is 9.59 Å². The molecule has 0 aliphatic rings. The Balaban J connectivity index is 2.53. The monoisotopic (exact) mass is 267 g/mol. The Kier molecular flexibility index (Phi) is 4.64. The van der Waals surface area contributed by atoms with E-state index < -0.39 is 17.3 Å². The van der Waals surface area contributed by atoms with E-state index in [4.69, 9.17) is 5.11 Å². The first-order valence-electron chi connectivity index (χ1n) is 6.02. The molecule has 1 aromatic rings. The Morgan fingerprint density at radius 2 is 2.00 bits per heavy atom. The summed E-state index contributed by atoms with van der Waals surface area (Å²) in [5.41, 5.74) is 0.000596. The lowest BCUT2D eigenvalue weighted by Gasteiger charge is -2.18. The van der Waals surface area contributed by atoms with Crippen LogP contribution in [-0.4, -0.2) is 23.5 Å². The van der Waals surface area contributed by atoms with Gasteiger partial charge in [0.1, 0.15) is 11.2 Å². The summed E-state index contributed by atoms with van der Waals surface area (Å²) >= 11 is 0. The second kappa shape index (κ2) is 5.82. The predicted octanol–water partition coefficient (Wildman–Crippen LogP) is 1.90. The van der Waals surface area contributed by atoms with E-state index in [9.17, 15) is 14.0 Å². The molecule has 19 heavy (non-hydrogen) atoms. The van der Waals surface area contributed by atoms with E-state index in [1.54, 1.807) is 19.1 Å². The third-order valence-corrected chi connectivity index (χ3v) is 3.02. The zero-order valence-electron chi connectivity index (χ0n) is 11.3. The van der Waals surface area contributed by atoms with Crippen LogP contribution < -0.4 is 5.32 Å². The topological polar surface area (TPSA) is 66.4 Å². The highest BCUT2D eigenvalue weighted by molar-refractivity contribution is 6.00. The third-order valence-electron chi connectivity index (χ3n) is 3.02. The van der Waals surface area contributed by atoms with Crippen LogP contribution in [0.15, 0.2) is 18.2 Å². The maximum Gasteiger partial charge on any atom is 0.318 e. The van der Waals surface area contributed by atoms with Crippen molar-refractivity contribution in [1.29, 1.82) is 0 Å². The summed E-state index contributed by atoms with van der Waals surface area (Å²) in [4.78, 5) is 22.5. The van der Waals surface area contributed by atoms with Gasteiger partial charge in [0, 0.05) is 6.54 Å². The van der Waals surface area contributed by atoms with E-state index in [-0.39, 0.29) is 5.82 Å². The normalized spacial score (nSPS) is 11.2. The lowest BCUT2D eigenvalue weighted by Crippen LogP contribution is -2.43. The van der Waals surface area contributed by atoms with Crippen molar-refractivity contribution in [2.24, 2.45) is 5.41 Å². The number of carbonyl (C=O) groups excluding carboxylic acids is 1. The molecule has 0 atom stereocenters. The van der Waals surface area contributed by atoms with Crippen molar-refractivity contribution < 1.29 is 19.1 Å². The first kappa shape index (κ1) is 15.1. The van der Waals surface area contributed by atoms with Gasteiger partial charge in [0.05, 0.1) is 0 Å². The first-order valence-corrected chi connectivity index (χ1v) is 6.02. The predicted molar refractivity (Wildman–Crippen MR) is 69.3 cm³/mol. The lowest BCUT2D eigenvalue weighted by atomic mass is 9.92. The van der Waals surface area contributed by atoms with Gasteiger partial charge in [0.25, 0.3) is 0 Å². The number of carbonyl (C=O) groups is 2. The Bertz CT molecular complexity index is 497. The average Bonchev–Trinajstić information content (AvgIpc) is 2.33. The highest BCUT2D eigenvalue weighted by atomic mass is 19.1. The van der Waals surface area contributed by atoms with Gasteiger partial charge in [0.15, 0.2) is 0 Å². The minimum absolute atomic E-state index is 0.264. The molecule has 0 aromatic heterocycles. The second-order valence-corrected chi connectivity index (χ2v) is 5.02. The summed E-state index contributed by atoms with van der Waals surface area (Å²) in [6.45, 7) is 4.70. The number of carboxylic acids is 1. The van der Waals surface area contributed by atoms with Gasteiger partial charge in [-0.05, 0) is 44.4 Å². The molecular weight excluding hydrogens is 249 g/mol. The van der Waals surface area contributed by atoms with Crippen molar-refractivity contribution in [2.45, 2.75) is 27.2 Å². The fourth-order valence-corrected chi connectivity index (χ4v) is 1.50. The van der Waals surface area contributed by atoms with Gasteiger partial charge in [-0.25, -0.2) is 4.39 Å². The molecule has 2 N–H and O–H groups in total. The van der Waals surface area contributed by atoms with Gasteiger partial charge in [-0.15, -0.1) is 0 Å². The molecule has 0 spiro atoms. The molecule has 1 aromatic carbocycles. The van der Waals surface area contributed by atoms with Crippen molar-refractivity contribution in [3.8, 4) is 0 Å². The minimum Gasteiger partial charge on any atom is -0.480 e. The van der Waals surface area contributed by atoms with Crippen molar-refractivity contribution in [1.82, 2.24) is 5.32 Å². The lowest BCUT2D eigenvalue weighted by molar-refractivity contribution is -0.153. The van der Waals surface area contributed by atoms with Crippen LogP contribution in [-0.2, 0) is 16.0 Å². The summed E-state index contributed by atoms with van der Waals surface area (Å²) < 4.78 is 13.1. The van der Waals surface area contributed by atoms with Crippen LogP contribution >= 0.6 is 0 Å². The van der Waals surface area contributed by atoms with E-state index in [0.717, 1.165) is 5.56 Å². The molecule has 0 aliphatic carbocycles. The van der Waals surface area contributed by atoms with Gasteiger partial charge < -0.3 is 10.4 Å². The fourth-order valence-electron chi connectivity index (χ4n) is 1.50. The largest absolute Gasteiger partial charge is 0.480 e. The van der Waals surface area contributed by atoms with E-state index in [0.29, 0.717) is 18.5 Å². The molecule has 104 valence electrons. The number of carboxylic acid groups (broad SMARTS) is 1. The third kappa shape index (κ3) is 3.77. The Hall–Kier alpha value is -1.91. The zero-order valence-corrected chi connectivity index (χ0v) is 11.3. The number of aryl methyl sites for hydroxylation is 1. The zero-order chi connectivity index (χ0) is 14.6. The van der Waals surface area contributed by atoms with Crippen LogP contribution in [0.3, 0.4) is 0 Å². The van der Waals surface area contributed by atoms with Gasteiger partial charge >= 0.3 is 5.97 Å².